The minimum atomic E-state index is -4.20. The molecule has 0 aromatic heterocycles. The van der Waals surface area contributed by atoms with Crippen molar-refractivity contribution in [2.45, 2.75) is 31.3 Å². The monoisotopic (exact) mass is 531 g/mol. The van der Waals surface area contributed by atoms with E-state index in [1.54, 1.807) is 24.3 Å². The molecule has 0 aliphatic heterocycles. The zero-order valence-corrected chi connectivity index (χ0v) is 21.7. The van der Waals surface area contributed by atoms with Gasteiger partial charge in [0, 0.05) is 13.6 Å². The molecule has 0 aliphatic carbocycles. The average Bonchev–Trinajstić information content (AvgIpc) is 2.86. The standard InChI is InChI=1S/C26H27ClFN3O4S/c1-18-8-14-22(15-9-18)36(34,35)31(24-7-5-4-6-23(24)27)17-25(32)30(19(2)26(33)29-3)16-20-10-12-21(28)13-11-20/h4-15,19H,16-17H2,1-3H3,(H,29,33). The summed E-state index contributed by atoms with van der Waals surface area (Å²) in [6, 6.07) is 17.1. The van der Waals surface area contributed by atoms with Crippen LogP contribution in [0.15, 0.2) is 77.7 Å². The number of aryl methyl sites for hydroxylation is 1. The Morgan fingerprint density at radius 3 is 2.19 bits per heavy atom. The first-order valence-corrected chi connectivity index (χ1v) is 13.0. The van der Waals surface area contributed by atoms with Crippen molar-refractivity contribution in [3.8, 4) is 0 Å². The molecule has 0 aliphatic rings. The van der Waals surface area contributed by atoms with E-state index in [0.29, 0.717) is 5.56 Å². The van der Waals surface area contributed by atoms with Crippen LogP contribution in [0.1, 0.15) is 18.1 Å². The van der Waals surface area contributed by atoms with Gasteiger partial charge in [-0.25, -0.2) is 12.8 Å². The maximum Gasteiger partial charge on any atom is 0.264 e. The Morgan fingerprint density at radius 1 is 1.00 bits per heavy atom. The maximum atomic E-state index is 13.7. The van der Waals surface area contributed by atoms with Gasteiger partial charge in [0.15, 0.2) is 0 Å². The molecule has 1 N–H and O–H groups in total. The number of sulfonamides is 1. The van der Waals surface area contributed by atoms with Gasteiger partial charge >= 0.3 is 0 Å². The predicted molar refractivity (Wildman–Crippen MR) is 138 cm³/mol. The number of amides is 2. The fourth-order valence-corrected chi connectivity index (χ4v) is 5.30. The number of carbonyl (C=O) groups excluding carboxylic acids is 2. The summed E-state index contributed by atoms with van der Waals surface area (Å²) in [5.41, 5.74) is 1.58. The SMILES string of the molecule is CNC(=O)C(C)N(Cc1ccc(F)cc1)C(=O)CN(c1ccccc1Cl)S(=O)(=O)c1ccc(C)cc1. The molecule has 0 spiro atoms. The number of nitrogens with zero attached hydrogens (tertiary/aromatic N) is 2. The molecule has 0 fully saturated rings. The highest BCUT2D eigenvalue weighted by Crippen LogP contribution is 2.30. The number of anilines is 1. The largest absolute Gasteiger partial charge is 0.357 e. The quantitative estimate of drug-likeness (QED) is 0.449. The summed E-state index contributed by atoms with van der Waals surface area (Å²) in [5.74, 6) is -1.51. The van der Waals surface area contributed by atoms with Gasteiger partial charge in [0.2, 0.25) is 11.8 Å². The smallest absolute Gasteiger partial charge is 0.264 e. The van der Waals surface area contributed by atoms with Gasteiger partial charge in [-0.2, -0.15) is 0 Å². The van der Waals surface area contributed by atoms with Crippen LogP contribution in [0.5, 0.6) is 0 Å². The molecule has 3 aromatic rings. The van der Waals surface area contributed by atoms with Crippen molar-refractivity contribution in [1.82, 2.24) is 10.2 Å². The molecule has 10 heteroatoms. The summed E-state index contributed by atoms with van der Waals surface area (Å²) in [6.45, 7) is 2.73. The number of likely N-dealkylation sites (N-methyl/N-ethyl adjacent to an activating group) is 1. The number of rotatable bonds is 9. The molecule has 190 valence electrons. The lowest BCUT2D eigenvalue weighted by molar-refractivity contribution is -0.139. The van der Waals surface area contributed by atoms with Crippen LogP contribution in [-0.4, -0.2) is 44.8 Å². The van der Waals surface area contributed by atoms with Crippen molar-refractivity contribution in [2.24, 2.45) is 0 Å². The third kappa shape index (κ3) is 6.22. The maximum absolute atomic E-state index is 13.7. The lowest BCUT2D eigenvalue weighted by Crippen LogP contribution is -2.50. The van der Waals surface area contributed by atoms with Crippen LogP contribution in [0.4, 0.5) is 10.1 Å². The normalized spacial score (nSPS) is 12.0. The van der Waals surface area contributed by atoms with E-state index in [2.05, 4.69) is 5.32 Å². The van der Waals surface area contributed by atoms with E-state index in [4.69, 9.17) is 11.6 Å². The van der Waals surface area contributed by atoms with Crippen LogP contribution in [0.2, 0.25) is 5.02 Å². The molecule has 0 saturated heterocycles. The summed E-state index contributed by atoms with van der Waals surface area (Å²) in [4.78, 5) is 27.3. The van der Waals surface area contributed by atoms with E-state index in [1.807, 2.05) is 6.92 Å². The van der Waals surface area contributed by atoms with Gasteiger partial charge in [-0.05, 0) is 55.8 Å². The van der Waals surface area contributed by atoms with Gasteiger partial charge in [0.1, 0.15) is 18.4 Å². The first-order valence-electron chi connectivity index (χ1n) is 11.1. The summed E-state index contributed by atoms with van der Waals surface area (Å²) < 4.78 is 41.7. The zero-order valence-electron chi connectivity index (χ0n) is 20.1. The van der Waals surface area contributed by atoms with Gasteiger partial charge in [-0.1, -0.05) is 53.6 Å². The molecule has 0 radical (unpaired) electrons. The van der Waals surface area contributed by atoms with Crippen molar-refractivity contribution in [3.05, 3.63) is 94.8 Å². The molecule has 3 aromatic carbocycles. The van der Waals surface area contributed by atoms with E-state index in [9.17, 15) is 22.4 Å². The Labute approximate surface area is 215 Å². The number of hydrogen-bond acceptors (Lipinski definition) is 4. The minimum Gasteiger partial charge on any atom is -0.357 e. The van der Waals surface area contributed by atoms with Crippen LogP contribution < -0.4 is 9.62 Å². The number of carbonyl (C=O) groups is 2. The first-order chi connectivity index (χ1) is 17.0. The molecule has 7 nitrogen and oxygen atoms in total. The first kappa shape index (κ1) is 27.2. The second kappa shape index (κ2) is 11.5. The highest BCUT2D eigenvalue weighted by Gasteiger charge is 2.33. The summed E-state index contributed by atoms with van der Waals surface area (Å²) in [7, 11) is -2.76. The third-order valence-electron chi connectivity index (χ3n) is 5.69. The predicted octanol–water partition coefficient (Wildman–Crippen LogP) is 4.15. The Bertz CT molecular complexity index is 1330. The lowest BCUT2D eigenvalue weighted by atomic mass is 10.1. The fraction of sp³-hybridized carbons (Fsp3) is 0.231. The molecular weight excluding hydrogens is 505 g/mol. The number of halogens is 2. The van der Waals surface area contributed by atoms with E-state index < -0.39 is 40.2 Å². The number of para-hydroxylation sites is 1. The Kier molecular flexibility index (Phi) is 8.70. The Morgan fingerprint density at radius 2 is 1.61 bits per heavy atom. The fourth-order valence-electron chi connectivity index (χ4n) is 3.58. The summed E-state index contributed by atoms with van der Waals surface area (Å²) in [5, 5.41) is 2.65. The van der Waals surface area contributed by atoms with Crippen LogP contribution >= 0.6 is 11.6 Å². The molecule has 2 amide bonds. The van der Waals surface area contributed by atoms with Crippen LogP contribution in [0.25, 0.3) is 0 Å². The van der Waals surface area contributed by atoms with Crippen molar-refractivity contribution in [1.29, 1.82) is 0 Å². The molecule has 0 heterocycles. The Hall–Kier alpha value is -3.43. The van der Waals surface area contributed by atoms with E-state index in [0.717, 1.165) is 9.87 Å². The number of hydrogen-bond donors (Lipinski definition) is 1. The molecule has 0 bridgehead atoms. The summed E-state index contributed by atoms with van der Waals surface area (Å²) >= 11 is 6.35. The zero-order chi connectivity index (χ0) is 26.5. The van der Waals surface area contributed by atoms with E-state index in [-0.39, 0.29) is 22.2 Å². The van der Waals surface area contributed by atoms with Gasteiger partial charge in [-0.15, -0.1) is 0 Å². The van der Waals surface area contributed by atoms with Gasteiger partial charge in [0.25, 0.3) is 10.0 Å². The van der Waals surface area contributed by atoms with E-state index >= 15 is 0 Å². The second-order valence-corrected chi connectivity index (χ2v) is 10.5. The molecule has 36 heavy (non-hydrogen) atoms. The molecule has 1 atom stereocenters. The van der Waals surface area contributed by atoms with Crippen molar-refractivity contribution in [2.75, 3.05) is 17.9 Å². The minimum absolute atomic E-state index is 0.00902. The average molecular weight is 532 g/mol. The molecule has 1 unspecified atom stereocenters. The lowest BCUT2D eigenvalue weighted by Gasteiger charge is -2.32. The molecule has 3 rings (SSSR count). The topological polar surface area (TPSA) is 86.8 Å². The Balaban J connectivity index is 2.04. The highest BCUT2D eigenvalue weighted by molar-refractivity contribution is 7.92. The summed E-state index contributed by atoms with van der Waals surface area (Å²) in [6.07, 6.45) is 0. The van der Waals surface area contributed by atoms with Gasteiger partial charge in [-0.3, -0.25) is 13.9 Å². The van der Waals surface area contributed by atoms with Crippen molar-refractivity contribution < 1.29 is 22.4 Å². The van der Waals surface area contributed by atoms with Crippen LogP contribution in [0.3, 0.4) is 0 Å². The molecule has 0 saturated carbocycles. The van der Waals surface area contributed by atoms with Gasteiger partial charge < -0.3 is 10.2 Å². The second-order valence-electron chi connectivity index (χ2n) is 8.21. The van der Waals surface area contributed by atoms with Crippen LogP contribution in [-0.2, 0) is 26.2 Å². The van der Waals surface area contributed by atoms with Crippen LogP contribution in [0, 0.1) is 12.7 Å². The van der Waals surface area contributed by atoms with E-state index in [1.165, 1.54) is 67.4 Å². The molecular formula is C26H27ClFN3O4S. The van der Waals surface area contributed by atoms with Crippen molar-refractivity contribution in [3.63, 3.8) is 0 Å². The highest BCUT2D eigenvalue weighted by atomic mass is 35.5. The third-order valence-corrected chi connectivity index (χ3v) is 7.78. The number of benzene rings is 3. The van der Waals surface area contributed by atoms with Crippen molar-refractivity contribution >= 4 is 39.1 Å². The van der Waals surface area contributed by atoms with Gasteiger partial charge in [0.05, 0.1) is 15.6 Å². The number of nitrogens with one attached hydrogen (secondary N) is 1.